The average molecular weight is 843 g/mol. The molecule has 0 radical (unpaired) electrons. The summed E-state index contributed by atoms with van der Waals surface area (Å²) in [6.45, 7) is 10.4. The van der Waals surface area contributed by atoms with Crippen LogP contribution in [0.1, 0.15) is 82.8 Å². The lowest BCUT2D eigenvalue weighted by molar-refractivity contribution is -0.253. The van der Waals surface area contributed by atoms with E-state index in [9.17, 15) is 15.0 Å². The first-order valence-electron chi connectivity index (χ1n) is 22.1. The third-order valence-corrected chi connectivity index (χ3v) is 12.2. The molecule has 328 valence electrons. The highest BCUT2D eigenvalue weighted by Crippen LogP contribution is 2.62. The predicted octanol–water partition coefficient (Wildman–Crippen LogP) is 10.8. The average Bonchev–Trinajstić information content (AvgIpc) is 3.28. The Kier molecular flexibility index (Phi) is 14.5. The molecule has 4 aromatic rings. The zero-order valence-electron chi connectivity index (χ0n) is 36.6. The monoisotopic (exact) mass is 842 g/mol. The van der Waals surface area contributed by atoms with Crippen molar-refractivity contribution >= 4 is 11.8 Å². The highest BCUT2D eigenvalue weighted by Gasteiger charge is 2.65. The normalized spacial score (nSPS) is 23.3. The second-order valence-corrected chi connectivity index (χ2v) is 17.6. The smallest absolute Gasteiger partial charge is 0.410 e. The van der Waals surface area contributed by atoms with Crippen LogP contribution in [-0.2, 0) is 20.9 Å². The summed E-state index contributed by atoms with van der Waals surface area (Å²) in [6.07, 6.45) is 8.48. The zero-order chi connectivity index (χ0) is 43.7. The van der Waals surface area contributed by atoms with Crippen LogP contribution in [0.3, 0.4) is 0 Å². The van der Waals surface area contributed by atoms with E-state index in [2.05, 4.69) is 43.0 Å². The van der Waals surface area contributed by atoms with Crippen LogP contribution in [0, 0.1) is 17.8 Å². The van der Waals surface area contributed by atoms with Gasteiger partial charge >= 0.3 is 6.09 Å². The van der Waals surface area contributed by atoms with Crippen LogP contribution in [0.2, 0.25) is 0 Å². The number of benzene rings is 4. The lowest BCUT2D eigenvalue weighted by Gasteiger charge is -2.59. The quantitative estimate of drug-likeness (QED) is 0.0577. The number of amides is 1. The molecular formula is C52H62N2O8. The molecule has 2 N–H and O–H groups in total. The lowest BCUT2D eigenvalue weighted by atomic mass is 9.55. The SMILES string of the molecule is C=CCOC12Oc3ccc(Oc4ccc(-c5ccccc5)cc4)cc3C3C(CCCCO)C(CCCCO)C=C(C(=NOC(C)(C)C)CC1N(C)C(=O)OCc1ccccc1)C32. The van der Waals surface area contributed by atoms with Gasteiger partial charge in [-0.25, -0.2) is 4.79 Å². The fourth-order valence-corrected chi connectivity index (χ4v) is 9.41. The van der Waals surface area contributed by atoms with Crippen molar-refractivity contribution in [1.29, 1.82) is 0 Å². The molecule has 6 atom stereocenters. The molecule has 3 aliphatic rings. The van der Waals surface area contributed by atoms with Crippen molar-refractivity contribution in [3.8, 4) is 28.4 Å². The van der Waals surface area contributed by atoms with Crippen LogP contribution in [-0.4, -0.2) is 71.2 Å². The number of aliphatic hydroxyl groups is 2. The van der Waals surface area contributed by atoms with Gasteiger partial charge in [-0.15, -0.1) is 6.58 Å². The summed E-state index contributed by atoms with van der Waals surface area (Å²) in [6, 6.07) is 33.2. The molecule has 1 saturated carbocycles. The Morgan fingerprint density at radius 3 is 2.23 bits per heavy atom. The number of likely N-dealkylation sites (N-methyl/N-ethyl adjacent to an activating group) is 1. The molecule has 0 aromatic heterocycles. The van der Waals surface area contributed by atoms with Gasteiger partial charge in [-0.2, -0.15) is 0 Å². The molecule has 10 nitrogen and oxygen atoms in total. The van der Waals surface area contributed by atoms with E-state index < -0.39 is 29.4 Å². The molecule has 1 fully saturated rings. The topological polar surface area (TPSA) is 119 Å². The van der Waals surface area contributed by atoms with E-state index in [0.29, 0.717) is 30.1 Å². The lowest BCUT2D eigenvalue weighted by Crippen LogP contribution is -2.69. The van der Waals surface area contributed by atoms with Gasteiger partial charge in [0.15, 0.2) is 0 Å². The van der Waals surface area contributed by atoms with Crippen LogP contribution in [0.25, 0.3) is 11.1 Å². The molecule has 2 aliphatic carbocycles. The van der Waals surface area contributed by atoms with Crippen molar-refractivity contribution in [2.45, 2.75) is 95.7 Å². The number of hydrogen-bond acceptors (Lipinski definition) is 9. The summed E-state index contributed by atoms with van der Waals surface area (Å²) >= 11 is 0. The van der Waals surface area contributed by atoms with Gasteiger partial charge in [-0.05, 0) is 111 Å². The Hall–Kier alpha value is -5.42. The predicted molar refractivity (Wildman–Crippen MR) is 242 cm³/mol. The summed E-state index contributed by atoms with van der Waals surface area (Å²) < 4.78 is 26.9. The van der Waals surface area contributed by atoms with Gasteiger partial charge in [0.2, 0.25) is 5.79 Å². The van der Waals surface area contributed by atoms with Gasteiger partial charge in [-0.1, -0.05) is 103 Å². The molecule has 1 heterocycles. The second kappa shape index (κ2) is 20.2. The maximum absolute atomic E-state index is 14.2. The number of oxime groups is 1. The van der Waals surface area contributed by atoms with Crippen molar-refractivity contribution in [3.63, 3.8) is 0 Å². The maximum Gasteiger partial charge on any atom is 0.410 e. The van der Waals surface area contributed by atoms with Crippen LogP contribution in [0.4, 0.5) is 4.79 Å². The van der Waals surface area contributed by atoms with E-state index in [0.717, 1.165) is 59.2 Å². The van der Waals surface area contributed by atoms with Gasteiger partial charge in [0.25, 0.3) is 0 Å². The minimum Gasteiger partial charge on any atom is -0.459 e. The molecule has 7 rings (SSSR count). The molecule has 62 heavy (non-hydrogen) atoms. The molecule has 10 heteroatoms. The van der Waals surface area contributed by atoms with Crippen molar-refractivity contribution in [2.24, 2.45) is 22.9 Å². The minimum atomic E-state index is -1.39. The summed E-state index contributed by atoms with van der Waals surface area (Å²) in [4.78, 5) is 22.0. The highest BCUT2D eigenvalue weighted by atomic mass is 16.7. The first-order valence-corrected chi connectivity index (χ1v) is 22.1. The number of allylic oxidation sites excluding steroid dienone is 1. The van der Waals surface area contributed by atoms with Crippen molar-refractivity contribution in [1.82, 2.24) is 4.90 Å². The van der Waals surface area contributed by atoms with Gasteiger partial charge in [0.05, 0.1) is 18.2 Å². The first-order chi connectivity index (χ1) is 30.0. The van der Waals surface area contributed by atoms with E-state index in [4.69, 9.17) is 28.9 Å². The first kappa shape index (κ1) is 44.6. The van der Waals surface area contributed by atoms with Gasteiger partial charge < -0.3 is 38.9 Å². The molecular weight excluding hydrogens is 781 g/mol. The third-order valence-electron chi connectivity index (χ3n) is 12.2. The van der Waals surface area contributed by atoms with E-state index in [1.54, 1.807) is 18.0 Å². The van der Waals surface area contributed by atoms with E-state index in [1.165, 1.54) is 0 Å². The van der Waals surface area contributed by atoms with Crippen LogP contribution in [0.15, 0.2) is 133 Å². The fourth-order valence-electron chi connectivity index (χ4n) is 9.41. The number of hydrogen-bond donors (Lipinski definition) is 2. The molecule has 1 amide bonds. The molecule has 1 aliphatic heterocycles. The second-order valence-electron chi connectivity index (χ2n) is 17.6. The van der Waals surface area contributed by atoms with Crippen LogP contribution < -0.4 is 9.47 Å². The molecule has 0 spiro atoms. The third kappa shape index (κ3) is 10.1. The number of unbranched alkanes of at least 4 members (excludes halogenated alkanes) is 2. The Balaban J connectivity index is 1.36. The van der Waals surface area contributed by atoms with Gasteiger partial charge in [0, 0.05) is 38.2 Å². The molecule has 0 bridgehead atoms. The summed E-state index contributed by atoms with van der Waals surface area (Å²) in [5.74, 6) is 0.155. The largest absolute Gasteiger partial charge is 0.459 e. The Labute approximate surface area is 366 Å². The van der Waals surface area contributed by atoms with Crippen molar-refractivity contribution < 1.29 is 38.8 Å². The van der Waals surface area contributed by atoms with Crippen molar-refractivity contribution in [2.75, 3.05) is 26.9 Å². The van der Waals surface area contributed by atoms with Crippen molar-refractivity contribution in [3.05, 3.63) is 139 Å². The maximum atomic E-state index is 14.2. The number of aliphatic hydroxyl groups excluding tert-OH is 2. The summed E-state index contributed by atoms with van der Waals surface area (Å²) in [5, 5.41) is 24.8. The standard InChI is InChI=1S/C52H62N2O8/c1-6-31-59-52-47(54(5)50(57)58-35-36-17-9-7-10-18-36)34-45(53-62-51(2,3)4)43-32-39(21-13-15-29-55)42(22-14-16-30-56)48(49(43)52)44-33-41(27-28-46(44)61-52)60-40-25-23-38(24-26-40)37-19-11-8-12-20-37/h6-12,17-20,23-28,32-33,39,42,47-49,55-56H,1,13-16,21-22,29-31,34-35H2,2-5H3. The molecule has 6 unspecified atom stereocenters. The number of carbonyl (C=O) groups is 1. The van der Waals surface area contributed by atoms with E-state index in [1.807, 2.05) is 93.6 Å². The number of ether oxygens (including phenoxy) is 4. The number of rotatable bonds is 18. The number of nitrogens with zero attached hydrogens (tertiary/aromatic N) is 2. The fraction of sp³-hybridized carbons (Fsp3) is 0.423. The summed E-state index contributed by atoms with van der Waals surface area (Å²) in [5.41, 5.74) is 5.18. The Morgan fingerprint density at radius 1 is 0.887 bits per heavy atom. The summed E-state index contributed by atoms with van der Waals surface area (Å²) in [7, 11) is 1.74. The number of carbonyl (C=O) groups excluding carboxylic acids is 1. The van der Waals surface area contributed by atoms with E-state index in [-0.39, 0.29) is 50.6 Å². The van der Waals surface area contributed by atoms with E-state index >= 15 is 0 Å². The van der Waals surface area contributed by atoms with Crippen LogP contribution >= 0.6 is 0 Å². The minimum absolute atomic E-state index is 0.0719. The van der Waals surface area contributed by atoms with Crippen LogP contribution in [0.5, 0.6) is 17.2 Å². The highest BCUT2D eigenvalue weighted by molar-refractivity contribution is 6.03. The van der Waals surface area contributed by atoms with Gasteiger partial charge in [-0.3, -0.25) is 0 Å². The Morgan fingerprint density at radius 2 is 1.55 bits per heavy atom. The van der Waals surface area contributed by atoms with Gasteiger partial charge in [0.1, 0.15) is 35.5 Å². The Bertz CT molecular complexity index is 2170. The number of fused-ring (bicyclic) bond motifs is 2. The molecule has 0 saturated heterocycles. The molecule has 4 aromatic carbocycles. The zero-order valence-corrected chi connectivity index (χ0v) is 36.6.